The summed E-state index contributed by atoms with van der Waals surface area (Å²) in [6, 6.07) is 0. The van der Waals surface area contributed by atoms with Gasteiger partial charge in [-0.25, -0.2) is 4.98 Å². The van der Waals surface area contributed by atoms with Crippen LogP contribution in [-0.4, -0.2) is 17.8 Å². The Kier molecular flexibility index (Phi) is 4.88. The van der Waals surface area contributed by atoms with Gasteiger partial charge in [-0.15, -0.1) is 11.3 Å². The summed E-state index contributed by atoms with van der Waals surface area (Å²) in [4.78, 5) is 6.30. The highest BCUT2D eigenvalue weighted by Gasteiger charge is 2.29. The zero-order valence-electron chi connectivity index (χ0n) is 11.0. The largest absolute Gasteiger partial charge is 0.312 e. The first-order valence-electron chi connectivity index (χ1n) is 6.38. The second kappa shape index (κ2) is 6.21. The van der Waals surface area contributed by atoms with Crippen LogP contribution in [0.25, 0.3) is 0 Å². The molecular formula is C13H22N2S2. The molecular weight excluding hydrogens is 248 g/mol. The molecule has 0 saturated heterocycles. The van der Waals surface area contributed by atoms with Crippen LogP contribution in [0.2, 0.25) is 0 Å². The van der Waals surface area contributed by atoms with Crippen molar-refractivity contribution in [3.05, 3.63) is 15.6 Å². The molecule has 4 heteroatoms. The van der Waals surface area contributed by atoms with Crippen molar-refractivity contribution >= 4 is 23.1 Å². The van der Waals surface area contributed by atoms with E-state index in [1.54, 1.807) is 0 Å². The predicted molar refractivity (Wildman–Crippen MR) is 77.9 cm³/mol. The Morgan fingerprint density at radius 1 is 1.47 bits per heavy atom. The molecule has 1 aliphatic rings. The van der Waals surface area contributed by atoms with Gasteiger partial charge in [-0.05, 0) is 31.6 Å². The van der Waals surface area contributed by atoms with Gasteiger partial charge in [0, 0.05) is 23.1 Å². The molecule has 1 N–H and O–H groups in total. The molecule has 2 rings (SSSR count). The number of thioether (sulfide) groups is 1. The van der Waals surface area contributed by atoms with E-state index in [9.17, 15) is 0 Å². The third kappa shape index (κ3) is 3.97. The van der Waals surface area contributed by atoms with Gasteiger partial charge in [-0.1, -0.05) is 13.8 Å². The third-order valence-electron chi connectivity index (χ3n) is 2.84. The molecule has 0 aliphatic heterocycles. The zero-order chi connectivity index (χ0) is 12.3. The fourth-order valence-electron chi connectivity index (χ4n) is 1.88. The lowest BCUT2D eigenvalue weighted by Gasteiger charge is -2.06. The van der Waals surface area contributed by atoms with Crippen LogP contribution in [0, 0.1) is 5.92 Å². The molecule has 1 aliphatic carbocycles. The maximum atomic E-state index is 4.82. The molecule has 1 aromatic rings. The minimum Gasteiger partial charge on any atom is -0.312 e. The maximum Gasteiger partial charge on any atom is 0.103 e. The molecule has 0 unspecified atom stereocenters. The van der Waals surface area contributed by atoms with E-state index in [1.165, 1.54) is 28.4 Å². The lowest BCUT2D eigenvalue weighted by Crippen LogP contribution is -2.18. The number of thiazole rings is 1. The minimum absolute atomic E-state index is 0.720. The van der Waals surface area contributed by atoms with Gasteiger partial charge >= 0.3 is 0 Å². The van der Waals surface area contributed by atoms with E-state index in [0.717, 1.165) is 30.7 Å². The lowest BCUT2D eigenvalue weighted by molar-refractivity contribution is 0.553. The van der Waals surface area contributed by atoms with Crippen molar-refractivity contribution in [3.8, 4) is 0 Å². The Hall–Kier alpha value is -0.0600. The molecule has 0 spiro atoms. The maximum absolute atomic E-state index is 4.82. The Balaban J connectivity index is 1.97. The Labute approximate surface area is 113 Å². The monoisotopic (exact) mass is 270 g/mol. The summed E-state index contributed by atoms with van der Waals surface area (Å²) < 4.78 is 0. The Bertz CT molecular complexity index is 356. The summed E-state index contributed by atoms with van der Waals surface area (Å²) in [6.45, 7) is 6.61. The van der Waals surface area contributed by atoms with E-state index in [2.05, 4.69) is 25.4 Å². The molecule has 1 fully saturated rings. The first-order valence-corrected chi connectivity index (χ1v) is 8.60. The number of hydrogen-bond acceptors (Lipinski definition) is 4. The third-order valence-corrected chi connectivity index (χ3v) is 4.66. The molecule has 96 valence electrons. The van der Waals surface area contributed by atoms with Gasteiger partial charge < -0.3 is 5.32 Å². The summed E-state index contributed by atoms with van der Waals surface area (Å²) in [5.41, 5.74) is 1.40. The van der Waals surface area contributed by atoms with E-state index in [1.807, 2.05) is 23.1 Å². The molecule has 0 aromatic carbocycles. The molecule has 0 atom stereocenters. The molecule has 0 amide bonds. The molecule has 1 heterocycles. The second-order valence-electron chi connectivity index (χ2n) is 5.15. The van der Waals surface area contributed by atoms with Crippen LogP contribution < -0.4 is 5.32 Å². The van der Waals surface area contributed by atoms with Crippen LogP contribution in [0.15, 0.2) is 0 Å². The van der Waals surface area contributed by atoms with Crippen molar-refractivity contribution < 1.29 is 0 Å². The Morgan fingerprint density at radius 3 is 2.82 bits per heavy atom. The van der Waals surface area contributed by atoms with Gasteiger partial charge in [-0.3, -0.25) is 0 Å². The van der Waals surface area contributed by atoms with Crippen LogP contribution in [-0.2, 0) is 12.3 Å². The van der Waals surface area contributed by atoms with Crippen molar-refractivity contribution in [1.29, 1.82) is 0 Å². The van der Waals surface area contributed by atoms with Crippen molar-refractivity contribution in [2.45, 2.75) is 44.9 Å². The highest BCUT2D eigenvalue weighted by Crippen LogP contribution is 2.42. The van der Waals surface area contributed by atoms with Crippen molar-refractivity contribution in [2.24, 2.45) is 5.92 Å². The predicted octanol–water partition coefficient (Wildman–Crippen LogP) is 3.63. The van der Waals surface area contributed by atoms with Gasteiger partial charge in [0.1, 0.15) is 5.01 Å². The van der Waals surface area contributed by atoms with Gasteiger partial charge in [0.05, 0.1) is 5.69 Å². The summed E-state index contributed by atoms with van der Waals surface area (Å²) in [5, 5.41) is 4.85. The van der Waals surface area contributed by atoms with Gasteiger partial charge in [0.15, 0.2) is 0 Å². The molecule has 17 heavy (non-hydrogen) atoms. The summed E-state index contributed by atoms with van der Waals surface area (Å²) in [7, 11) is 0. The number of hydrogen-bond donors (Lipinski definition) is 1. The highest BCUT2D eigenvalue weighted by atomic mass is 32.2. The lowest BCUT2D eigenvalue weighted by atomic mass is 10.2. The topological polar surface area (TPSA) is 24.9 Å². The van der Waals surface area contributed by atoms with Gasteiger partial charge in [0.25, 0.3) is 0 Å². The average molecular weight is 270 g/mol. The van der Waals surface area contributed by atoms with Crippen LogP contribution in [0.5, 0.6) is 0 Å². The number of aromatic nitrogens is 1. The smallest absolute Gasteiger partial charge is 0.103 e. The van der Waals surface area contributed by atoms with Crippen LogP contribution in [0.1, 0.15) is 48.2 Å². The SMILES string of the molecule is CSCc1nc(C2CC2)c(CNCC(C)C)s1. The molecule has 1 aromatic heterocycles. The van der Waals surface area contributed by atoms with Crippen molar-refractivity contribution in [2.75, 3.05) is 12.8 Å². The number of nitrogens with one attached hydrogen (secondary N) is 1. The first kappa shape index (κ1) is 13.4. The van der Waals surface area contributed by atoms with E-state index >= 15 is 0 Å². The minimum atomic E-state index is 0.720. The average Bonchev–Trinajstić information content (AvgIpc) is 3.03. The van der Waals surface area contributed by atoms with E-state index in [4.69, 9.17) is 4.98 Å². The molecule has 0 bridgehead atoms. The van der Waals surface area contributed by atoms with Crippen LogP contribution in [0.3, 0.4) is 0 Å². The summed E-state index contributed by atoms with van der Waals surface area (Å²) in [5.74, 6) is 2.56. The fraction of sp³-hybridized carbons (Fsp3) is 0.769. The fourth-order valence-corrected chi connectivity index (χ4v) is 3.70. The molecule has 0 radical (unpaired) electrons. The zero-order valence-corrected chi connectivity index (χ0v) is 12.6. The highest BCUT2D eigenvalue weighted by molar-refractivity contribution is 7.97. The van der Waals surface area contributed by atoms with Crippen molar-refractivity contribution in [3.63, 3.8) is 0 Å². The van der Waals surface area contributed by atoms with Crippen LogP contribution in [0.4, 0.5) is 0 Å². The standard InChI is InChI=1S/C13H22N2S2/c1-9(2)6-14-7-11-13(10-4-5-10)15-12(17-11)8-16-3/h9-10,14H,4-8H2,1-3H3. The van der Waals surface area contributed by atoms with Crippen molar-refractivity contribution in [1.82, 2.24) is 10.3 Å². The van der Waals surface area contributed by atoms with E-state index in [-0.39, 0.29) is 0 Å². The van der Waals surface area contributed by atoms with E-state index in [0.29, 0.717) is 0 Å². The number of rotatable bonds is 7. The summed E-state index contributed by atoms with van der Waals surface area (Å²) >= 11 is 3.77. The summed E-state index contributed by atoms with van der Waals surface area (Å²) in [6.07, 6.45) is 4.84. The van der Waals surface area contributed by atoms with Crippen LogP contribution >= 0.6 is 23.1 Å². The van der Waals surface area contributed by atoms with E-state index < -0.39 is 0 Å². The second-order valence-corrected chi connectivity index (χ2v) is 7.18. The van der Waals surface area contributed by atoms with Gasteiger partial charge in [-0.2, -0.15) is 11.8 Å². The first-order chi connectivity index (χ1) is 8.20. The molecule has 1 saturated carbocycles. The number of nitrogens with zero attached hydrogens (tertiary/aromatic N) is 1. The quantitative estimate of drug-likeness (QED) is 0.819. The molecule has 2 nitrogen and oxygen atoms in total. The normalized spacial score (nSPS) is 15.8. The Morgan fingerprint density at radius 2 is 2.24 bits per heavy atom. The van der Waals surface area contributed by atoms with Gasteiger partial charge in [0.2, 0.25) is 0 Å².